The molecule has 0 aliphatic carbocycles. The van der Waals surface area contributed by atoms with Crippen molar-refractivity contribution >= 4 is 39.5 Å². The monoisotopic (exact) mass is 1490 g/mol. The lowest BCUT2D eigenvalue weighted by Gasteiger charge is -2.21. The number of phosphoric acid groups is 2. The second-order valence-electron chi connectivity index (χ2n) is 31.8. The maximum Gasteiger partial charge on any atom is 0.472 e. The number of carbonyl (C=O) groups is 4. The van der Waals surface area contributed by atoms with E-state index >= 15 is 0 Å². The highest BCUT2D eigenvalue weighted by Crippen LogP contribution is 2.45. The van der Waals surface area contributed by atoms with Crippen molar-refractivity contribution in [2.24, 2.45) is 23.7 Å². The molecular formula is C83H162O17P2. The van der Waals surface area contributed by atoms with Gasteiger partial charge in [0.25, 0.3) is 0 Å². The third-order valence-electron chi connectivity index (χ3n) is 19.3. The molecule has 0 saturated carbocycles. The molecule has 0 aliphatic rings. The minimum absolute atomic E-state index is 0.107. The van der Waals surface area contributed by atoms with Gasteiger partial charge in [-0.1, -0.05) is 376 Å². The molecule has 0 aromatic heterocycles. The fourth-order valence-corrected chi connectivity index (χ4v) is 14.4. The van der Waals surface area contributed by atoms with Crippen LogP contribution in [0.4, 0.5) is 0 Å². The lowest BCUT2D eigenvalue weighted by molar-refractivity contribution is -0.161. The number of esters is 4. The highest BCUT2D eigenvalue weighted by Gasteiger charge is 2.30. The number of aliphatic hydroxyl groups is 1. The molecule has 102 heavy (non-hydrogen) atoms. The van der Waals surface area contributed by atoms with Gasteiger partial charge in [-0.15, -0.1) is 0 Å². The van der Waals surface area contributed by atoms with E-state index in [0.29, 0.717) is 31.6 Å². The van der Waals surface area contributed by atoms with E-state index in [2.05, 4.69) is 55.4 Å². The van der Waals surface area contributed by atoms with Gasteiger partial charge in [-0.05, 0) is 49.4 Å². The standard InChI is InChI=1S/C83H162O17P2/c1-73(2)59-51-43-35-28-22-16-12-9-10-14-18-26-32-40-49-57-65-82(87)99-78(69-93-80(85)63-55-47-39-31-25-21-20-24-30-37-45-53-61-75(5)6)71-97-101(89,90)95-67-77(84)68-96-102(91,92)98-72-79(70-94-81(86)64-56-48-42-34-38-46-54-62-76(7)8)100-83(88)66-58-50-41-33-27-19-15-11-13-17-23-29-36-44-52-60-74(3)4/h73-79,84H,9-72H2,1-8H3,(H,89,90)(H,91,92)/t77?,78-,79-/m1/s1. The molecule has 17 nitrogen and oxygen atoms in total. The van der Waals surface area contributed by atoms with Crippen LogP contribution in [0.3, 0.4) is 0 Å². The Kier molecular flexibility index (Phi) is 70.6. The summed E-state index contributed by atoms with van der Waals surface area (Å²) in [5.74, 6) is 0.987. The van der Waals surface area contributed by atoms with Crippen LogP contribution in [-0.4, -0.2) is 96.7 Å². The Morgan fingerprint density at radius 2 is 0.412 bits per heavy atom. The van der Waals surface area contributed by atoms with E-state index in [0.717, 1.165) is 114 Å². The summed E-state index contributed by atoms with van der Waals surface area (Å²) in [4.78, 5) is 73.1. The summed E-state index contributed by atoms with van der Waals surface area (Å²) in [6, 6.07) is 0. The molecule has 0 spiro atoms. The summed E-state index contributed by atoms with van der Waals surface area (Å²) in [5, 5.41) is 10.7. The van der Waals surface area contributed by atoms with Gasteiger partial charge in [0.05, 0.1) is 26.4 Å². The van der Waals surface area contributed by atoms with Crippen LogP contribution in [0.25, 0.3) is 0 Å². The lowest BCUT2D eigenvalue weighted by Crippen LogP contribution is -2.30. The molecule has 3 unspecified atom stereocenters. The summed E-state index contributed by atoms with van der Waals surface area (Å²) in [5.41, 5.74) is 0. The van der Waals surface area contributed by atoms with E-state index in [1.165, 1.54) is 225 Å². The van der Waals surface area contributed by atoms with E-state index < -0.39 is 97.5 Å². The van der Waals surface area contributed by atoms with E-state index in [1.807, 2.05) is 0 Å². The summed E-state index contributed by atoms with van der Waals surface area (Å²) in [6.07, 6.45) is 59.7. The Balaban J connectivity index is 5.23. The van der Waals surface area contributed by atoms with Crippen LogP contribution in [0.2, 0.25) is 0 Å². The van der Waals surface area contributed by atoms with Crippen LogP contribution in [0.1, 0.15) is 428 Å². The lowest BCUT2D eigenvalue weighted by atomic mass is 10.0. The number of phosphoric ester groups is 2. The van der Waals surface area contributed by atoms with E-state index in [4.69, 9.17) is 37.0 Å². The van der Waals surface area contributed by atoms with Crippen LogP contribution in [0.5, 0.6) is 0 Å². The second kappa shape index (κ2) is 72.0. The molecule has 0 aromatic carbocycles. The minimum atomic E-state index is -4.96. The van der Waals surface area contributed by atoms with E-state index in [-0.39, 0.29) is 25.7 Å². The molecule has 0 aliphatic heterocycles. The van der Waals surface area contributed by atoms with Gasteiger partial charge in [0.1, 0.15) is 19.3 Å². The Hall–Kier alpha value is -1.94. The van der Waals surface area contributed by atoms with E-state index in [1.54, 1.807) is 0 Å². The van der Waals surface area contributed by atoms with Crippen molar-refractivity contribution in [2.45, 2.75) is 446 Å². The van der Waals surface area contributed by atoms with Crippen LogP contribution in [0, 0.1) is 23.7 Å². The Morgan fingerprint density at radius 3 is 0.608 bits per heavy atom. The SMILES string of the molecule is CC(C)CCCCCCCCCCCCCCCCCCC(=O)O[C@H](COC(=O)CCCCCCCCCCCCCCC(C)C)COP(=O)(O)OCC(O)COP(=O)(O)OC[C@@H](COC(=O)CCCCCCCCCC(C)C)OC(=O)CCCCCCCCCCCCCCCCCC(C)C. The molecule has 0 saturated heterocycles. The molecule has 0 radical (unpaired) electrons. The topological polar surface area (TPSA) is 237 Å². The van der Waals surface area contributed by atoms with Crippen LogP contribution in [0.15, 0.2) is 0 Å². The van der Waals surface area contributed by atoms with Crippen molar-refractivity contribution in [3.05, 3.63) is 0 Å². The van der Waals surface area contributed by atoms with Gasteiger partial charge in [0.15, 0.2) is 12.2 Å². The second-order valence-corrected chi connectivity index (χ2v) is 34.7. The zero-order chi connectivity index (χ0) is 75.3. The van der Waals surface area contributed by atoms with Crippen molar-refractivity contribution in [2.75, 3.05) is 39.6 Å². The number of carbonyl (C=O) groups excluding carboxylic acids is 4. The smallest absolute Gasteiger partial charge is 0.462 e. The fourth-order valence-electron chi connectivity index (χ4n) is 12.8. The zero-order valence-corrected chi connectivity index (χ0v) is 69.0. The minimum Gasteiger partial charge on any atom is -0.462 e. The third kappa shape index (κ3) is 76.3. The highest BCUT2D eigenvalue weighted by molar-refractivity contribution is 7.47. The predicted molar refractivity (Wildman–Crippen MR) is 418 cm³/mol. The average Bonchev–Trinajstić information content (AvgIpc) is 0.927. The van der Waals surface area contributed by atoms with Crippen molar-refractivity contribution in [3.63, 3.8) is 0 Å². The third-order valence-corrected chi connectivity index (χ3v) is 21.2. The summed E-state index contributed by atoms with van der Waals surface area (Å²) < 4.78 is 68.8. The fraction of sp³-hybridized carbons (Fsp3) is 0.952. The van der Waals surface area contributed by atoms with Gasteiger partial charge >= 0.3 is 39.5 Å². The molecule has 5 atom stereocenters. The predicted octanol–water partition coefficient (Wildman–Crippen LogP) is 24.8. The average molecular weight is 1490 g/mol. The number of ether oxygens (including phenoxy) is 4. The van der Waals surface area contributed by atoms with Crippen molar-refractivity contribution in [3.8, 4) is 0 Å². The van der Waals surface area contributed by atoms with Gasteiger partial charge in [-0.3, -0.25) is 37.3 Å². The normalized spacial score (nSPS) is 14.0. The first kappa shape index (κ1) is 100. The summed E-state index contributed by atoms with van der Waals surface area (Å²) in [6.45, 7) is 14.3. The Bertz CT molecular complexity index is 1990. The first-order valence-corrected chi connectivity index (χ1v) is 45.7. The van der Waals surface area contributed by atoms with Crippen LogP contribution < -0.4 is 0 Å². The van der Waals surface area contributed by atoms with Gasteiger partial charge in [-0.2, -0.15) is 0 Å². The first-order chi connectivity index (χ1) is 49.1. The maximum absolute atomic E-state index is 13.1. The summed E-state index contributed by atoms with van der Waals surface area (Å²) >= 11 is 0. The van der Waals surface area contributed by atoms with Gasteiger partial charge < -0.3 is 33.8 Å². The molecule has 606 valence electrons. The van der Waals surface area contributed by atoms with Crippen molar-refractivity contribution in [1.82, 2.24) is 0 Å². The molecule has 0 bridgehead atoms. The van der Waals surface area contributed by atoms with Crippen molar-refractivity contribution in [1.29, 1.82) is 0 Å². The molecular weight excluding hydrogens is 1330 g/mol. The maximum atomic E-state index is 13.1. The summed E-state index contributed by atoms with van der Waals surface area (Å²) in [7, 11) is -9.93. The quantitative estimate of drug-likeness (QED) is 0.0222. The molecule has 0 fully saturated rings. The van der Waals surface area contributed by atoms with E-state index in [9.17, 15) is 43.2 Å². The van der Waals surface area contributed by atoms with Crippen LogP contribution >= 0.6 is 15.6 Å². The Morgan fingerprint density at radius 1 is 0.245 bits per heavy atom. The molecule has 0 aromatic rings. The van der Waals surface area contributed by atoms with Crippen LogP contribution in [-0.2, 0) is 65.4 Å². The number of rotatable bonds is 80. The van der Waals surface area contributed by atoms with Gasteiger partial charge in [-0.25, -0.2) is 9.13 Å². The molecule has 0 heterocycles. The number of unbranched alkanes of at least 4 members (excludes halogenated alkanes) is 46. The van der Waals surface area contributed by atoms with Crippen molar-refractivity contribution < 1.29 is 80.2 Å². The largest absolute Gasteiger partial charge is 0.472 e. The molecule has 19 heteroatoms. The number of hydrogen-bond donors (Lipinski definition) is 3. The number of hydrogen-bond acceptors (Lipinski definition) is 15. The van der Waals surface area contributed by atoms with Gasteiger partial charge in [0, 0.05) is 25.7 Å². The molecule has 0 rings (SSSR count). The molecule has 0 amide bonds. The highest BCUT2D eigenvalue weighted by atomic mass is 31.2. The Labute approximate surface area is 626 Å². The first-order valence-electron chi connectivity index (χ1n) is 42.7. The zero-order valence-electron chi connectivity index (χ0n) is 67.2. The molecule has 3 N–H and O–H groups in total. The number of aliphatic hydroxyl groups excluding tert-OH is 1. The van der Waals surface area contributed by atoms with Gasteiger partial charge in [0.2, 0.25) is 0 Å².